The predicted molar refractivity (Wildman–Crippen MR) is 77.9 cm³/mol. The third kappa shape index (κ3) is 5.53. The van der Waals surface area contributed by atoms with Crippen LogP contribution in [0.15, 0.2) is 48.6 Å². The van der Waals surface area contributed by atoms with Gasteiger partial charge in [0, 0.05) is 0 Å². The second-order valence-corrected chi connectivity index (χ2v) is 4.72. The van der Waals surface area contributed by atoms with Crippen molar-refractivity contribution in [2.24, 2.45) is 5.92 Å². The average Bonchev–Trinajstić information content (AvgIpc) is 2.34. The van der Waals surface area contributed by atoms with Crippen LogP contribution in [0.5, 0.6) is 0 Å². The summed E-state index contributed by atoms with van der Waals surface area (Å²) in [5, 5.41) is 0. The van der Waals surface area contributed by atoms with Gasteiger partial charge < -0.3 is 0 Å². The Kier molecular flexibility index (Phi) is 6.39. The highest BCUT2D eigenvalue weighted by atomic mass is 14.1. The number of hydrogen-bond acceptors (Lipinski definition) is 0. The van der Waals surface area contributed by atoms with Gasteiger partial charge in [-0.1, -0.05) is 80.8 Å². The van der Waals surface area contributed by atoms with Crippen molar-refractivity contribution >= 4 is 6.08 Å². The fourth-order valence-corrected chi connectivity index (χ4v) is 1.91. The van der Waals surface area contributed by atoms with Crippen molar-refractivity contribution in [2.75, 3.05) is 0 Å². The lowest BCUT2D eigenvalue weighted by atomic mass is 9.94. The maximum Gasteiger partial charge on any atom is -0.00254 e. The Morgan fingerprint density at radius 3 is 2.53 bits per heavy atom. The monoisotopic (exact) mass is 228 g/mol. The first-order valence-electron chi connectivity index (χ1n) is 6.62. The van der Waals surface area contributed by atoms with Gasteiger partial charge in [0.05, 0.1) is 0 Å². The van der Waals surface area contributed by atoms with Gasteiger partial charge in [-0.3, -0.25) is 0 Å². The minimum Gasteiger partial charge on any atom is -0.0995 e. The van der Waals surface area contributed by atoms with Crippen LogP contribution in [0.2, 0.25) is 0 Å². The summed E-state index contributed by atoms with van der Waals surface area (Å²) in [5.41, 5.74) is 2.54. The Hall–Kier alpha value is -1.30. The van der Waals surface area contributed by atoms with Crippen LogP contribution in [0.3, 0.4) is 0 Å². The first-order valence-corrected chi connectivity index (χ1v) is 6.62. The summed E-state index contributed by atoms with van der Waals surface area (Å²) in [7, 11) is 0. The maximum absolute atomic E-state index is 4.10. The van der Waals surface area contributed by atoms with Gasteiger partial charge in [0.25, 0.3) is 0 Å². The van der Waals surface area contributed by atoms with Crippen LogP contribution in [-0.2, 0) is 0 Å². The number of hydrogen-bond donors (Lipinski definition) is 0. The second-order valence-electron chi connectivity index (χ2n) is 4.72. The van der Waals surface area contributed by atoms with E-state index in [1.807, 2.05) is 0 Å². The van der Waals surface area contributed by atoms with Gasteiger partial charge in [0.15, 0.2) is 0 Å². The summed E-state index contributed by atoms with van der Waals surface area (Å²) in [6.07, 6.45) is 9.65. The van der Waals surface area contributed by atoms with Crippen molar-refractivity contribution in [1.29, 1.82) is 0 Å². The molecule has 0 amide bonds. The van der Waals surface area contributed by atoms with E-state index in [9.17, 15) is 0 Å². The van der Waals surface area contributed by atoms with Gasteiger partial charge in [-0.25, -0.2) is 0 Å². The lowest BCUT2D eigenvalue weighted by molar-refractivity contribution is 0.595. The van der Waals surface area contributed by atoms with Crippen LogP contribution in [-0.4, -0.2) is 0 Å². The number of benzene rings is 1. The zero-order valence-corrected chi connectivity index (χ0v) is 11.2. The third-order valence-electron chi connectivity index (χ3n) is 3.07. The smallest absolute Gasteiger partial charge is 0.00254 e. The van der Waals surface area contributed by atoms with E-state index in [4.69, 9.17) is 0 Å². The molecule has 0 radical (unpaired) electrons. The van der Waals surface area contributed by atoms with Crippen LogP contribution in [0.4, 0.5) is 0 Å². The minimum atomic E-state index is 0.529. The highest BCUT2D eigenvalue weighted by Gasteiger charge is 2.04. The molecule has 0 aliphatic rings. The van der Waals surface area contributed by atoms with Crippen LogP contribution in [0.1, 0.15) is 45.1 Å². The van der Waals surface area contributed by atoms with Gasteiger partial charge in [-0.2, -0.15) is 0 Å². The Bertz CT molecular complexity index is 346. The number of rotatable bonds is 7. The summed E-state index contributed by atoms with van der Waals surface area (Å²) in [5.74, 6) is 0.529. The zero-order valence-electron chi connectivity index (χ0n) is 11.2. The van der Waals surface area contributed by atoms with E-state index in [0.717, 1.165) is 0 Å². The van der Waals surface area contributed by atoms with Gasteiger partial charge >= 0.3 is 0 Å². The fourth-order valence-electron chi connectivity index (χ4n) is 1.91. The molecular weight excluding hydrogens is 204 g/mol. The number of allylic oxidation sites excluding steroid dienone is 2. The first kappa shape index (κ1) is 13.8. The Labute approximate surface area is 106 Å². The molecule has 1 rings (SSSR count). The Morgan fingerprint density at radius 1 is 1.24 bits per heavy atom. The molecule has 0 aliphatic heterocycles. The van der Waals surface area contributed by atoms with Crippen molar-refractivity contribution in [1.82, 2.24) is 0 Å². The summed E-state index contributed by atoms with van der Waals surface area (Å²) in [4.78, 5) is 0. The van der Waals surface area contributed by atoms with E-state index in [-0.39, 0.29) is 0 Å². The molecule has 0 heterocycles. The molecule has 0 nitrogen and oxygen atoms in total. The molecule has 0 fully saturated rings. The Balaban J connectivity index is 2.54. The molecular formula is C17H24. The molecule has 0 N–H and O–H groups in total. The molecule has 0 heteroatoms. The van der Waals surface area contributed by atoms with Crippen LogP contribution < -0.4 is 0 Å². The van der Waals surface area contributed by atoms with Crippen molar-refractivity contribution < 1.29 is 0 Å². The van der Waals surface area contributed by atoms with Gasteiger partial charge in [0.1, 0.15) is 0 Å². The van der Waals surface area contributed by atoms with Gasteiger partial charge in [-0.15, -0.1) is 0 Å². The summed E-state index contributed by atoms with van der Waals surface area (Å²) >= 11 is 0. The van der Waals surface area contributed by atoms with Crippen molar-refractivity contribution in [3.05, 3.63) is 54.1 Å². The Morgan fingerprint density at radius 2 is 1.94 bits per heavy atom. The summed E-state index contributed by atoms with van der Waals surface area (Å²) in [6.45, 7) is 8.47. The molecule has 1 atom stereocenters. The SMILES string of the molecule is C=C(C)C(/C=C/c1ccccc1)CCCCC. The first-order chi connectivity index (χ1) is 8.24. The van der Waals surface area contributed by atoms with Crippen molar-refractivity contribution in [2.45, 2.75) is 39.5 Å². The second kappa shape index (κ2) is 7.89. The van der Waals surface area contributed by atoms with Crippen molar-refractivity contribution in [3.63, 3.8) is 0 Å². The van der Waals surface area contributed by atoms with Crippen LogP contribution in [0.25, 0.3) is 6.08 Å². The van der Waals surface area contributed by atoms with E-state index in [1.165, 1.54) is 36.8 Å². The van der Waals surface area contributed by atoms with E-state index in [1.54, 1.807) is 0 Å². The molecule has 0 spiro atoms. The molecule has 0 aliphatic carbocycles. The maximum atomic E-state index is 4.10. The van der Waals surface area contributed by atoms with E-state index >= 15 is 0 Å². The predicted octanol–water partition coefficient (Wildman–Crippen LogP) is 5.47. The molecule has 0 bridgehead atoms. The standard InChI is InChI=1S/C17H24/c1-4-5-7-12-17(15(2)3)14-13-16-10-8-6-9-11-16/h6,8-11,13-14,17H,2,4-5,7,12H2,1,3H3/b14-13+. The lowest BCUT2D eigenvalue weighted by Crippen LogP contribution is -1.97. The molecule has 92 valence electrons. The highest BCUT2D eigenvalue weighted by molar-refractivity contribution is 5.49. The highest BCUT2D eigenvalue weighted by Crippen LogP contribution is 2.19. The third-order valence-corrected chi connectivity index (χ3v) is 3.07. The molecule has 0 saturated heterocycles. The normalized spacial score (nSPS) is 12.8. The molecule has 1 unspecified atom stereocenters. The fraction of sp³-hybridized carbons (Fsp3) is 0.412. The summed E-state index contributed by atoms with van der Waals surface area (Å²) < 4.78 is 0. The van der Waals surface area contributed by atoms with Gasteiger partial charge in [-0.05, 0) is 24.8 Å². The number of unbranched alkanes of at least 4 members (excludes halogenated alkanes) is 2. The lowest BCUT2D eigenvalue weighted by Gasteiger charge is -2.12. The van der Waals surface area contributed by atoms with Crippen molar-refractivity contribution in [3.8, 4) is 0 Å². The summed E-state index contributed by atoms with van der Waals surface area (Å²) in [6, 6.07) is 10.5. The van der Waals surface area contributed by atoms with Gasteiger partial charge in [0.2, 0.25) is 0 Å². The largest absolute Gasteiger partial charge is 0.0995 e. The van der Waals surface area contributed by atoms with E-state index in [0.29, 0.717) is 5.92 Å². The van der Waals surface area contributed by atoms with E-state index < -0.39 is 0 Å². The van der Waals surface area contributed by atoms with E-state index in [2.05, 4.69) is 62.9 Å². The zero-order chi connectivity index (χ0) is 12.5. The molecule has 1 aromatic rings. The van der Waals surface area contributed by atoms with Crippen LogP contribution >= 0.6 is 0 Å². The molecule has 0 saturated carbocycles. The topological polar surface area (TPSA) is 0 Å². The molecule has 0 aromatic heterocycles. The van der Waals surface area contributed by atoms with Crippen LogP contribution in [0, 0.1) is 5.92 Å². The molecule has 1 aromatic carbocycles. The quantitative estimate of drug-likeness (QED) is 0.428. The average molecular weight is 228 g/mol. The minimum absolute atomic E-state index is 0.529. The molecule has 17 heavy (non-hydrogen) atoms.